The van der Waals surface area contributed by atoms with Crippen LogP contribution in [0.2, 0.25) is 0 Å². The van der Waals surface area contributed by atoms with Crippen molar-refractivity contribution in [2.45, 2.75) is 44.1 Å². The Kier molecular flexibility index (Phi) is 6.99. The van der Waals surface area contributed by atoms with E-state index in [0.29, 0.717) is 30.3 Å². The number of anilines is 1. The molecule has 1 saturated heterocycles. The maximum absolute atomic E-state index is 12.9. The molecule has 30 heavy (non-hydrogen) atoms. The Bertz CT molecular complexity index is 1000. The van der Waals surface area contributed by atoms with E-state index in [1.165, 1.54) is 23.5 Å². The molecule has 1 aliphatic heterocycles. The Hall–Kier alpha value is -2.58. The lowest BCUT2D eigenvalue weighted by atomic mass is 10.1. The molecule has 8 heteroatoms. The summed E-state index contributed by atoms with van der Waals surface area (Å²) in [5.41, 5.74) is 1.30. The molecule has 7 nitrogen and oxygen atoms in total. The SMILES string of the molecule is CCc1ccccc1O[C@@H](C)C(=O)Nc1cc(S(=O)(=O)N2CCCC2)ccc1OC. The Morgan fingerprint density at radius 2 is 1.83 bits per heavy atom. The number of para-hydroxylation sites is 1. The Morgan fingerprint density at radius 3 is 2.50 bits per heavy atom. The molecule has 1 heterocycles. The predicted octanol–water partition coefficient (Wildman–Crippen LogP) is 3.45. The van der Waals surface area contributed by atoms with Crippen molar-refractivity contribution in [3.8, 4) is 11.5 Å². The molecule has 3 rings (SSSR count). The number of hydrogen-bond donors (Lipinski definition) is 1. The monoisotopic (exact) mass is 432 g/mol. The minimum Gasteiger partial charge on any atom is -0.495 e. The van der Waals surface area contributed by atoms with Crippen LogP contribution in [0.25, 0.3) is 0 Å². The molecule has 2 aromatic rings. The molecule has 1 N–H and O–H groups in total. The first kappa shape index (κ1) is 22.1. The average Bonchev–Trinajstić information content (AvgIpc) is 3.30. The molecule has 0 spiro atoms. The second-order valence-electron chi connectivity index (χ2n) is 7.18. The van der Waals surface area contributed by atoms with E-state index in [4.69, 9.17) is 9.47 Å². The van der Waals surface area contributed by atoms with Crippen molar-refractivity contribution in [1.29, 1.82) is 0 Å². The first-order valence-corrected chi connectivity index (χ1v) is 11.5. The van der Waals surface area contributed by atoms with Gasteiger partial charge >= 0.3 is 0 Å². The number of methoxy groups -OCH3 is 1. The fraction of sp³-hybridized carbons (Fsp3) is 0.409. The summed E-state index contributed by atoms with van der Waals surface area (Å²) in [7, 11) is -2.14. The van der Waals surface area contributed by atoms with Gasteiger partial charge in [-0.15, -0.1) is 0 Å². The summed E-state index contributed by atoms with van der Waals surface area (Å²) in [5.74, 6) is 0.639. The summed E-state index contributed by atoms with van der Waals surface area (Å²) in [6.07, 6.45) is 1.72. The van der Waals surface area contributed by atoms with Crippen molar-refractivity contribution in [2.75, 3.05) is 25.5 Å². The third kappa shape index (κ3) is 4.76. The van der Waals surface area contributed by atoms with Gasteiger partial charge in [0.1, 0.15) is 11.5 Å². The summed E-state index contributed by atoms with van der Waals surface area (Å²) < 4.78 is 38.4. The number of nitrogens with one attached hydrogen (secondary N) is 1. The van der Waals surface area contributed by atoms with Crippen LogP contribution in [-0.4, -0.2) is 44.9 Å². The minimum absolute atomic E-state index is 0.130. The van der Waals surface area contributed by atoms with Gasteiger partial charge in [0.15, 0.2) is 6.10 Å². The van der Waals surface area contributed by atoms with Gasteiger partial charge in [0.2, 0.25) is 10.0 Å². The fourth-order valence-electron chi connectivity index (χ4n) is 3.41. The number of carbonyl (C=O) groups is 1. The van der Waals surface area contributed by atoms with E-state index >= 15 is 0 Å². The lowest BCUT2D eigenvalue weighted by molar-refractivity contribution is -0.122. The number of ether oxygens (including phenoxy) is 2. The quantitative estimate of drug-likeness (QED) is 0.691. The molecule has 0 unspecified atom stereocenters. The third-order valence-corrected chi connectivity index (χ3v) is 7.05. The zero-order chi connectivity index (χ0) is 21.7. The summed E-state index contributed by atoms with van der Waals surface area (Å²) in [5, 5.41) is 2.75. The van der Waals surface area contributed by atoms with Gasteiger partial charge in [-0.1, -0.05) is 25.1 Å². The lowest BCUT2D eigenvalue weighted by Crippen LogP contribution is -2.31. The van der Waals surface area contributed by atoms with Gasteiger partial charge in [-0.3, -0.25) is 4.79 Å². The van der Waals surface area contributed by atoms with Crippen molar-refractivity contribution in [1.82, 2.24) is 4.31 Å². The van der Waals surface area contributed by atoms with Crippen molar-refractivity contribution < 1.29 is 22.7 Å². The fourth-order valence-corrected chi connectivity index (χ4v) is 4.96. The van der Waals surface area contributed by atoms with E-state index in [0.717, 1.165) is 24.8 Å². The number of hydrogen-bond acceptors (Lipinski definition) is 5. The van der Waals surface area contributed by atoms with Gasteiger partial charge in [0.25, 0.3) is 5.91 Å². The van der Waals surface area contributed by atoms with Gasteiger partial charge in [0.05, 0.1) is 17.7 Å². The standard InChI is InChI=1S/C22H28N2O5S/c1-4-17-9-5-6-10-20(17)29-16(2)22(25)23-19-15-18(11-12-21(19)28-3)30(26,27)24-13-7-8-14-24/h5-6,9-12,15-16H,4,7-8,13-14H2,1-3H3,(H,23,25)/t16-/m0/s1. The van der Waals surface area contributed by atoms with Crippen LogP contribution in [0.4, 0.5) is 5.69 Å². The van der Waals surface area contributed by atoms with E-state index < -0.39 is 22.0 Å². The Balaban J connectivity index is 1.80. The number of sulfonamides is 1. The van der Waals surface area contributed by atoms with Gasteiger partial charge in [-0.25, -0.2) is 8.42 Å². The summed E-state index contributed by atoms with van der Waals surface area (Å²) in [6.45, 7) is 4.69. The van der Waals surface area contributed by atoms with Crippen LogP contribution in [0, 0.1) is 0 Å². The highest BCUT2D eigenvalue weighted by molar-refractivity contribution is 7.89. The number of rotatable bonds is 8. The molecular weight excluding hydrogens is 404 g/mol. The highest BCUT2D eigenvalue weighted by Crippen LogP contribution is 2.30. The van der Waals surface area contributed by atoms with E-state index in [1.54, 1.807) is 13.0 Å². The molecule has 2 aromatic carbocycles. The zero-order valence-electron chi connectivity index (χ0n) is 17.6. The summed E-state index contributed by atoms with van der Waals surface area (Å²) in [4.78, 5) is 12.9. The molecule has 0 aliphatic carbocycles. The highest BCUT2D eigenvalue weighted by Gasteiger charge is 2.28. The number of carbonyl (C=O) groups excluding carboxylic acids is 1. The number of amides is 1. The Morgan fingerprint density at radius 1 is 1.13 bits per heavy atom. The van der Waals surface area contributed by atoms with Gasteiger partial charge in [-0.05, 0) is 56.0 Å². The second-order valence-corrected chi connectivity index (χ2v) is 9.12. The van der Waals surface area contributed by atoms with Gasteiger partial charge < -0.3 is 14.8 Å². The second kappa shape index (κ2) is 9.49. The molecule has 0 radical (unpaired) electrons. The molecule has 1 amide bonds. The Labute approximate surface area is 178 Å². The van der Waals surface area contributed by atoms with Crippen molar-refractivity contribution in [3.63, 3.8) is 0 Å². The van der Waals surface area contributed by atoms with Crippen LogP contribution < -0.4 is 14.8 Å². The number of nitrogens with zero attached hydrogens (tertiary/aromatic N) is 1. The number of benzene rings is 2. The molecular formula is C22H28N2O5S. The maximum atomic E-state index is 12.9. The molecule has 1 atom stereocenters. The first-order chi connectivity index (χ1) is 14.4. The van der Waals surface area contributed by atoms with Crippen LogP contribution in [-0.2, 0) is 21.2 Å². The van der Waals surface area contributed by atoms with Gasteiger partial charge in [0, 0.05) is 13.1 Å². The minimum atomic E-state index is -3.60. The smallest absolute Gasteiger partial charge is 0.265 e. The lowest BCUT2D eigenvalue weighted by Gasteiger charge is -2.19. The number of aryl methyl sites for hydroxylation is 1. The van der Waals surface area contributed by atoms with Crippen LogP contribution in [0.3, 0.4) is 0 Å². The molecule has 1 aliphatic rings. The highest BCUT2D eigenvalue weighted by atomic mass is 32.2. The largest absolute Gasteiger partial charge is 0.495 e. The third-order valence-electron chi connectivity index (χ3n) is 5.16. The summed E-state index contributed by atoms with van der Waals surface area (Å²) in [6, 6.07) is 12.1. The van der Waals surface area contributed by atoms with Crippen LogP contribution in [0.15, 0.2) is 47.4 Å². The normalized spacial score (nSPS) is 15.6. The molecule has 0 saturated carbocycles. The van der Waals surface area contributed by atoms with E-state index in [-0.39, 0.29) is 4.90 Å². The molecule has 0 bridgehead atoms. The first-order valence-electron chi connectivity index (χ1n) is 10.1. The van der Waals surface area contributed by atoms with Crippen molar-refractivity contribution >= 4 is 21.6 Å². The maximum Gasteiger partial charge on any atom is 0.265 e. The molecule has 0 aromatic heterocycles. The van der Waals surface area contributed by atoms with Crippen LogP contribution in [0.1, 0.15) is 32.3 Å². The predicted molar refractivity (Wildman–Crippen MR) is 116 cm³/mol. The van der Waals surface area contributed by atoms with Crippen LogP contribution >= 0.6 is 0 Å². The van der Waals surface area contributed by atoms with E-state index in [9.17, 15) is 13.2 Å². The van der Waals surface area contributed by atoms with Crippen molar-refractivity contribution in [2.24, 2.45) is 0 Å². The molecule has 1 fully saturated rings. The van der Waals surface area contributed by atoms with E-state index in [1.807, 2.05) is 31.2 Å². The van der Waals surface area contributed by atoms with Crippen LogP contribution in [0.5, 0.6) is 11.5 Å². The van der Waals surface area contributed by atoms with E-state index in [2.05, 4.69) is 5.32 Å². The van der Waals surface area contributed by atoms with Crippen molar-refractivity contribution in [3.05, 3.63) is 48.0 Å². The zero-order valence-corrected chi connectivity index (χ0v) is 18.4. The summed E-state index contributed by atoms with van der Waals surface area (Å²) >= 11 is 0. The topological polar surface area (TPSA) is 84.9 Å². The molecule has 162 valence electrons. The average molecular weight is 433 g/mol. The van der Waals surface area contributed by atoms with Gasteiger partial charge in [-0.2, -0.15) is 4.31 Å².